The van der Waals surface area contributed by atoms with Gasteiger partial charge in [-0.3, -0.25) is 14.6 Å². The topological polar surface area (TPSA) is 97.1 Å². The van der Waals surface area contributed by atoms with Gasteiger partial charge in [-0.25, -0.2) is 4.68 Å². The number of aromatic nitrogens is 3. The maximum Gasteiger partial charge on any atom is 0.307 e. The number of hydrogen-bond acceptors (Lipinski definition) is 5. The van der Waals surface area contributed by atoms with Crippen LogP contribution in [-0.4, -0.2) is 25.8 Å². The Labute approximate surface area is 207 Å². The van der Waals surface area contributed by atoms with Crippen molar-refractivity contribution in [1.82, 2.24) is 14.8 Å². The van der Waals surface area contributed by atoms with Crippen molar-refractivity contribution in [1.29, 1.82) is 0 Å². The van der Waals surface area contributed by atoms with Crippen molar-refractivity contribution in [2.45, 2.75) is 19.9 Å². The summed E-state index contributed by atoms with van der Waals surface area (Å²) in [7, 11) is 0. The van der Waals surface area contributed by atoms with Crippen LogP contribution in [0.2, 0.25) is 0 Å². The molecule has 2 heterocycles. The summed E-state index contributed by atoms with van der Waals surface area (Å²) in [6.07, 6.45) is 1.71. The molecule has 0 radical (unpaired) electrons. The van der Waals surface area contributed by atoms with Crippen molar-refractivity contribution in [3.8, 4) is 22.4 Å². The summed E-state index contributed by atoms with van der Waals surface area (Å²) in [4.78, 5) is 28.6. The lowest BCUT2D eigenvalue weighted by molar-refractivity contribution is -0.136. The van der Waals surface area contributed by atoms with Gasteiger partial charge in [0.15, 0.2) is 0 Å². The molecular formula is C29H24N4O3. The molecule has 0 bridgehead atoms. The van der Waals surface area contributed by atoms with Gasteiger partial charge in [-0.15, -0.1) is 0 Å². The van der Waals surface area contributed by atoms with Gasteiger partial charge < -0.3 is 10.4 Å². The molecule has 0 aliphatic heterocycles. The van der Waals surface area contributed by atoms with Crippen molar-refractivity contribution < 1.29 is 9.90 Å². The summed E-state index contributed by atoms with van der Waals surface area (Å²) < 4.78 is 1.45. The highest BCUT2D eigenvalue weighted by Crippen LogP contribution is 2.28. The fourth-order valence-electron chi connectivity index (χ4n) is 4.24. The van der Waals surface area contributed by atoms with Gasteiger partial charge >= 0.3 is 5.97 Å². The molecule has 0 unspecified atom stereocenters. The Morgan fingerprint density at radius 3 is 2.44 bits per heavy atom. The number of carbonyl (C=O) groups is 1. The van der Waals surface area contributed by atoms with Gasteiger partial charge in [-0.2, -0.15) is 5.10 Å². The van der Waals surface area contributed by atoms with Crippen LogP contribution in [0.4, 0.5) is 11.4 Å². The normalized spacial score (nSPS) is 10.9. The van der Waals surface area contributed by atoms with Gasteiger partial charge in [0, 0.05) is 29.4 Å². The van der Waals surface area contributed by atoms with E-state index in [4.69, 9.17) is 5.11 Å². The lowest BCUT2D eigenvalue weighted by Crippen LogP contribution is -2.24. The van der Waals surface area contributed by atoms with E-state index in [1.54, 1.807) is 18.3 Å². The van der Waals surface area contributed by atoms with Crippen molar-refractivity contribution in [3.63, 3.8) is 0 Å². The van der Waals surface area contributed by atoms with E-state index in [-0.39, 0.29) is 12.0 Å². The molecule has 7 nitrogen and oxygen atoms in total. The van der Waals surface area contributed by atoms with Crippen LogP contribution in [0.3, 0.4) is 0 Å². The third kappa shape index (κ3) is 4.72. The Morgan fingerprint density at radius 1 is 0.889 bits per heavy atom. The van der Waals surface area contributed by atoms with Crippen LogP contribution in [0, 0.1) is 0 Å². The second-order valence-corrected chi connectivity index (χ2v) is 8.42. The Morgan fingerprint density at radius 2 is 1.64 bits per heavy atom. The van der Waals surface area contributed by atoms with Crippen molar-refractivity contribution in [2.75, 3.05) is 5.32 Å². The maximum atomic E-state index is 13.1. The quantitative estimate of drug-likeness (QED) is 0.321. The number of nitrogens with one attached hydrogen (secondary N) is 1. The zero-order chi connectivity index (χ0) is 25.1. The monoisotopic (exact) mass is 476 g/mol. The standard InChI is InChI=1S/C29H24N4O3/c1-2-33-29(36)27(31-25-13-5-12-24-23(25)11-6-14-30-24)18-26(32-33)22-10-4-9-21(17-22)20-8-3-7-19(15-20)16-28(34)35/h3-15,17-18,31H,2,16H2,1H3,(H,34,35). The smallest absolute Gasteiger partial charge is 0.307 e. The number of benzene rings is 3. The molecule has 0 fully saturated rings. The third-order valence-electron chi connectivity index (χ3n) is 5.96. The number of anilines is 2. The van der Waals surface area contributed by atoms with Crippen LogP contribution >= 0.6 is 0 Å². The average Bonchev–Trinajstić information content (AvgIpc) is 2.90. The van der Waals surface area contributed by atoms with Crippen LogP contribution in [0.1, 0.15) is 12.5 Å². The molecule has 2 aromatic heterocycles. The first kappa shape index (κ1) is 23.0. The molecule has 0 saturated carbocycles. The first-order valence-electron chi connectivity index (χ1n) is 11.7. The Kier molecular flexibility index (Phi) is 6.28. The first-order chi connectivity index (χ1) is 17.5. The molecule has 3 aromatic carbocycles. The molecule has 0 amide bonds. The SMILES string of the molecule is CCn1nc(-c2cccc(-c3cccc(CC(=O)O)c3)c2)cc(Nc2cccc3ncccc23)c1=O. The van der Waals surface area contributed by atoms with Crippen molar-refractivity contribution in [2.24, 2.45) is 0 Å². The molecule has 7 heteroatoms. The summed E-state index contributed by atoms with van der Waals surface area (Å²) in [5, 5.41) is 18.0. The molecular weight excluding hydrogens is 452 g/mol. The van der Waals surface area contributed by atoms with E-state index in [2.05, 4.69) is 15.4 Å². The fraction of sp³-hybridized carbons (Fsp3) is 0.103. The van der Waals surface area contributed by atoms with E-state index in [1.807, 2.05) is 79.7 Å². The number of rotatable bonds is 7. The molecule has 2 N–H and O–H groups in total. The number of fused-ring (bicyclic) bond motifs is 1. The lowest BCUT2D eigenvalue weighted by Gasteiger charge is -2.13. The number of aryl methyl sites for hydroxylation is 1. The molecule has 0 aliphatic rings. The van der Waals surface area contributed by atoms with Gasteiger partial charge in [0.1, 0.15) is 5.69 Å². The summed E-state index contributed by atoms with van der Waals surface area (Å²) in [6, 6.07) is 26.7. The van der Waals surface area contributed by atoms with Gasteiger partial charge in [0.2, 0.25) is 0 Å². The van der Waals surface area contributed by atoms with Crippen molar-refractivity contribution in [3.05, 3.63) is 107 Å². The van der Waals surface area contributed by atoms with Crippen LogP contribution in [-0.2, 0) is 17.8 Å². The van der Waals surface area contributed by atoms with Gasteiger partial charge in [-0.1, -0.05) is 48.5 Å². The van der Waals surface area contributed by atoms with E-state index in [9.17, 15) is 9.59 Å². The van der Waals surface area contributed by atoms with Crippen molar-refractivity contribution >= 4 is 28.2 Å². The summed E-state index contributed by atoms with van der Waals surface area (Å²) in [5.41, 5.74) is 5.94. The predicted molar refractivity (Wildman–Crippen MR) is 141 cm³/mol. The minimum Gasteiger partial charge on any atom is -0.481 e. The summed E-state index contributed by atoms with van der Waals surface area (Å²) >= 11 is 0. The lowest BCUT2D eigenvalue weighted by atomic mass is 9.99. The molecule has 178 valence electrons. The highest BCUT2D eigenvalue weighted by Gasteiger charge is 2.12. The van der Waals surface area contributed by atoms with Crippen LogP contribution in [0.5, 0.6) is 0 Å². The highest BCUT2D eigenvalue weighted by molar-refractivity contribution is 5.93. The average molecular weight is 477 g/mol. The number of aliphatic carboxylic acids is 1. The van der Waals surface area contributed by atoms with E-state index in [1.165, 1.54) is 4.68 Å². The zero-order valence-electron chi connectivity index (χ0n) is 19.7. The number of nitrogens with zero attached hydrogens (tertiary/aromatic N) is 3. The molecule has 0 atom stereocenters. The van der Waals surface area contributed by atoms with E-state index >= 15 is 0 Å². The highest BCUT2D eigenvalue weighted by atomic mass is 16.4. The Balaban J connectivity index is 1.55. The number of carboxylic acid groups (broad SMARTS) is 1. The minimum atomic E-state index is -0.867. The zero-order valence-corrected chi connectivity index (χ0v) is 19.7. The molecule has 5 aromatic rings. The summed E-state index contributed by atoms with van der Waals surface area (Å²) in [6.45, 7) is 2.31. The predicted octanol–water partition coefficient (Wildman–Crippen LogP) is 5.52. The van der Waals surface area contributed by atoms with E-state index in [0.717, 1.165) is 38.8 Å². The Bertz CT molecular complexity index is 1640. The van der Waals surface area contributed by atoms with E-state index in [0.29, 0.717) is 17.9 Å². The van der Waals surface area contributed by atoms with E-state index < -0.39 is 5.97 Å². The molecule has 36 heavy (non-hydrogen) atoms. The Hall–Kier alpha value is -4.78. The van der Waals surface area contributed by atoms with Gasteiger partial charge in [0.25, 0.3) is 5.56 Å². The van der Waals surface area contributed by atoms with Crippen LogP contribution in [0.25, 0.3) is 33.3 Å². The third-order valence-corrected chi connectivity index (χ3v) is 5.96. The second kappa shape index (κ2) is 9.84. The van der Waals surface area contributed by atoms with Crippen LogP contribution < -0.4 is 10.9 Å². The minimum absolute atomic E-state index is 0.0325. The largest absolute Gasteiger partial charge is 0.481 e. The fourth-order valence-corrected chi connectivity index (χ4v) is 4.24. The van der Waals surface area contributed by atoms with Gasteiger partial charge in [0.05, 0.1) is 17.6 Å². The number of pyridine rings is 1. The first-order valence-corrected chi connectivity index (χ1v) is 11.7. The number of carboxylic acids is 1. The second-order valence-electron chi connectivity index (χ2n) is 8.42. The van der Waals surface area contributed by atoms with Crippen LogP contribution in [0.15, 0.2) is 95.9 Å². The van der Waals surface area contributed by atoms with Gasteiger partial charge in [-0.05, 0) is 60.0 Å². The maximum absolute atomic E-state index is 13.1. The molecule has 0 aliphatic carbocycles. The molecule has 0 spiro atoms. The molecule has 0 saturated heterocycles. The molecule has 5 rings (SSSR count). The number of hydrogen-bond donors (Lipinski definition) is 2. The summed E-state index contributed by atoms with van der Waals surface area (Å²) in [5.74, 6) is -0.867.